The van der Waals surface area contributed by atoms with Crippen molar-refractivity contribution >= 4 is 22.7 Å². The Labute approximate surface area is 62.9 Å². The summed E-state index contributed by atoms with van der Waals surface area (Å²) in [5.41, 5.74) is 0. The number of hydrogen-bond donors (Lipinski definition) is 0. The van der Waals surface area contributed by atoms with Gasteiger partial charge in [-0.05, 0) is 6.92 Å². The minimum absolute atomic E-state index is 1.37. The number of aryl methyl sites for hydroxylation is 1. The first-order valence-corrected chi connectivity index (χ1v) is 4.45. The van der Waals surface area contributed by atoms with E-state index >= 15 is 0 Å². The molecule has 0 aliphatic heterocycles. The lowest BCUT2D eigenvalue weighted by Crippen LogP contribution is -2.14. The average molecular weight is 160 g/mol. The van der Waals surface area contributed by atoms with Crippen LogP contribution in [-0.2, 0) is 0 Å². The van der Waals surface area contributed by atoms with E-state index < -0.39 is 0 Å². The molecule has 0 bridgehead atoms. The Balaban J connectivity index is 3.28. The van der Waals surface area contributed by atoms with Gasteiger partial charge in [-0.2, -0.15) is 0 Å². The van der Waals surface area contributed by atoms with E-state index in [1.165, 1.54) is 8.86 Å². The first kappa shape index (κ1) is 6.96. The average Bonchev–Trinajstić information content (AvgIpc) is 2.14. The van der Waals surface area contributed by atoms with Crippen molar-refractivity contribution in [3.63, 3.8) is 0 Å². The van der Waals surface area contributed by atoms with Crippen LogP contribution in [0.25, 0.3) is 0 Å². The second kappa shape index (κ2) is 2.62. The molecular weight excluding hydrogens is 150 g/mol. The summed E-state index contributed by atoms with van der Waals surface area (Å²) in [7, 11) is 4.14. The molecule has 0 atom stereocenters. The van der Waals surface area contributed by atoms with Gasteiger partial charge in [-0.25, -0.2) is 4.58 Å². The van der Waals surface area contributed by atoms with Gasteiger partial charge in [0.2, 0.25) is 0 Å². The topological polar surface area (TPSA) is 3.01 Å². The predicted octanol–water partition coefficient (Wildman–Crippen LogP) is 1.15. The Morgan fingerprint density at radius 3 is 2.33 bits per heavy atom. The molecule has 0 saturated heterocycles. The van der Waals surface area contributed by atoms with Gasteiger partial charge in [0.05, 0.1) is 0 Å². The van der Waals surface area contributed by atoms with E-state index in [-0.39, 0.29) is 0 Å². The first-order valence-electron chi connectivity index (χ1n) is 2.75. The molecule has 0 radical (unpaired) electrons. The molecule has 1 rings (SSSR count). The van der Waals surface area contributed by atoms with Gasteiger partial charge in [-0.15, -0.1) is 0 Å². The summed E-state index contributed by atoms with van der Waals surface area (Å²) in [6, 6.07) is 0. The summed E-state index contributed by atoms with van der Waals surface area (Å²) < 4.78 is 3.51. The highest BCUT2D eigenvalue weighted by molar-refractivity contribution is 7.26. The molecule has 0 unspecified atom stereocenters. The smallest absolute Gasteiger partial charge is 0.217 e. The second-order valence-corrected chi connectivity index (χ2v) is 4.46. The van der Waals surface area contributed by atoms with Crippen LogP contribution in [0, 0.1) is 6.92 Å². The molecule has 0 N–H and O–H groups in total. The molecule has 0 fully saturated rings. The SMILES string of the molecule is Cc1csc(=[N+](C)C)s1. The largest absolute Gasteiger partial charge is 0.313 e. The van der Waals surface area contributed by atoms with Gasteiger partial charge in [-0.3, -0.25) is 0 Å². The van der Waals surface area contributed by atoms with Crippen molar-refractivity contribution in [2.45, 2.75) is 6.92 Å². The summed E-state index contributed by atoms with van der Waals surface area (Å²) >= 11 is 3.64. The zero-order valence-corrected chi connectivity index (χ0v) is 7.47. The van der Waals surface area contributed by atoms with Gasteiger partial charge >= 0.3 is 3.98 Å². The Kier molecular flexibility index (Phi) is 2.03. The van der Waals surface area contributed by atoms with E-state index in [1.807, 2.05) is 11.3 Å². The van der Waals surface area contributed by atoms with Crippen molar-refractivity contribution in [3.05, 3.63) is 14.2 Å². The van der Waals surface area contributed by atoms with E-state index in [2.05, 4.69) is 31.0 Å². The van der Waals surface area contributed by atoms with Crippen molar-refractivity contribution in [3.8, 4) is 0 Å². The Bertz CT molecular complexity index is 252. The summed E-state index contributed by atoms with van der Waals surface area (Å²) in [6.45, 7) is 2.13. The molecule has 1 aromatic rings. The highest BCUT2D eigenvalue weighted by atomic mass is 32.2. The lowest BCUT2D eigenvalue weighted by atomic mass is 10.7. The van der Waals surface area contributed by atoms with E-state index in [0.29, 0.717) is 0 Å². The molecule has 0 amide bonds. The lowest BCUT2D eigenvalue weighted by Gasteiger charge is -1.75. The summed E-state index contributed by atoms with van der Waals surface area (Å²) in [6.07, 6.45) is 0. The third-order valence-electron chi connectivity index (χ3n) is 0.939. The van der Waals surface area contributed by atoms with Crippen LogP contribution in [0.2, 0.25) is 0 Å². The summed E-state index contributed by atoms with van der Waals surface area (Å²) in [4.78, 5) is 1.39. The summed E-state index contributed by atoms with van der Waals surface area (Å²) in [5, 5.41) is 2.18. The van der Waals surface area contributed by atoms with Crippen LogP contribution in [0.15, 0.2) is 5.38 Å². The third-order valence-corrected chi connectivity index (χ3v) is 3.64. The van der Waals surface area contributed by atoms with E-state index in [0.717, 1.165) is 0 Å². The van der Waals surface area contributed by atoms with E-state index in [9.17, 15) is 0 Å². The molecule has 1 aromatic heterocycles. The van der Waals surface area contributed by atoms with Crippen LogP contribution >= 0.6 is 22.7 Å². The quantitative estimate of drug-likeness (QED) is 0.501. The maximum Gasteiger partial charge on any atom is 0.313 e. The van der Waals surface area contributed by atoms with Gasteiger partial charge < -0.3 is 0 Å². The highest BCUT2D eigenvalue weighted by Gasteiger charge is 1.94. The van der Waals surface area contributed by atoms with E-state index in [4.69, 9.17) is 0 Å². The maximum absolute atomic E-state index is 2.18. The second-order valence-electron chi connectivity index (χ2n) is 2.11. The van der Waals surface area contributed by atoms with Crippen LogP contribution in [0.1, 0.15) is 4.88 Å². The number of nitrogens with zero attached hydrogens (tertiary/aromatic N) is 1. The van der Waals surface area contributed by atoms with Gasteiger partial charge in [0.1, 0.15) is 14.1 Å². The third kappa shape index (κ3) is 1.63. The molecule has 9 heavy (non-hydrogen) atoms. The zero-order valence-electron chi connectivity index (χ0n) is 5.84. The Morgan fingerprint density at radius 1 is 1.44 bits per heavy atom. The van der Waals surface area contributed by atoms with Gasteiger partial charge in [0, 0.05) is 10.3 Å². The van der Waals surface area contributed by atoms with Crippen molar-refractivity contribution in [1.29, 1.82) is 0 Å². The molecule has 1 heterocycles. The number of rotatable bonds is 0. The molecule has 0 spiro atoms. The van der Waals surface area contributed by atoms with Gasteiger partial charge in [0.25, 0.3) is 0 Å². The van der Waals surface area contributed by atoms with Crippen molar-refractivity contribution < 1.29 is 0 Å². The normalized spacial score (nSPS) is 9.67. The fourth-order valence-corrected chi connectivity index (χ4v) is 2.52. The standard InChI is InChI=1S/C6H10NS2/c1-5-4-8-6(9-5)7(2)3/h4H,1-3H3/q+1. The lowest BCUT2D eigenvalue weighted by molar-refractivity contribution is 0.844. The molecule has 0 aliphatic rings. The first-order chi connectivity index (χ1) is 4.20. The van der Waals surface area contributed by atoms with Crippen molar-refractivity contribution in [2.75, 3.05) is 14.1 Å². The zero-order chi connectivity index (χ0) is 6.85. The van der Waals surface area contributed by atoms with Crippen molar-refractivity contribution in [1.82, 2.24) is 4.58 Å². The van der Waals surface area contributed by atoms with E-state index in [1.54, 1.807) is 11.3 Å². The van der Waals surface area contributed by atoms with Crippen LogP contribution in [0.4, 0.5) is 0 Å². The van der Waals surface area contributed by atoms with Crippen molar-refractivity contribution in [2.24, 2.45) is 0 Å². The Morgan fingerprint density at radius 2 is 2.11 bits per heavy atom. The Hall–Kier alpha value is -0.150. The van der Waals surface area contributed by atoms with Crippen LogP contribution < -0.4 is 8.56 Å². The summed E-state index contributed by atoms with van der Waals surface area (Å²) in [5.74, 6) is 0. The highest BCUT2D eigenvalue weighted by Crippen LogP contribution is 2.02. The molecule has 0 saturated carbocycles. The van der Waals surface area contributed by atoms with Crippen LogP contribution in [-0.4, -0.2) is 14.1 Å². The molecular formula is C6H10NS2+. The molecule has 3 heteroatoms. The van der Waals surface area contributed by atoms with Gasteiger partial charge in [-0.1, -0.05) is 22.7 Å². The van der Waals surface area contributed by atoms with Gasteiger partial charge in [0.15, 0.2) is 0 Å². The monoisotopic (exact) mass is 160 g/mol. The fourth-order valence-electron chi connectivity index (χ4n) is 0.516. The fraction of sp³-hybridized carbons (Fsp3) is 0.500. The number of hydrogen-bond acceptors (Lipinski definition) is 2. The predicted molar refractivity (Wildman–Crippen MR) is 44.1 cm³/mol. The van der Waals surface area contributed by atoms with Crippen LogP contribution in [0.5, 0.6) is 0 Å². The molecule has 0 aliphatic carbocycles. The van der Waals surface area contributed by atoms with Crippen LogP contribution in [0.3, 0.4) is 0 Å². The molecule has 0 aromatic carbocycles. The molecule has 1 nitrogen and oxygen atoms in total. The minimum atomic E-state index is 1.37. The maximum atomic E-state index is 2.18. The molecule has 50 valence electrons. The minimum Gasteiger partial charge on any atom is -0.217 e.